The lowest BCUT2D eigenvalue weighted by Gasteiger charge is -2.11. The molecule has 0 aromatic heterocycles. The molecule has 0 radical (unpaired) electrons. The Morgan fingerprint density at radius 3 is 2.53 bits per heavy atom. The van der Waals surface area contributed by atoms with Gasteiger partial charge in [-0.3, -0.25) is 0 Å². The van der Waals surface area contributed by atoms with Crippen molar-refractivity contribution >= 4 is 23.0 Å². The zero-order valence-corrected chi connectivity index (χ0v) is 9.77. The number of benzene rings is 1. The Hall–Kier alpha value is -1.13. The molecule has 0 aliphatic heterocycles. The van der Waals surface area contributed by atoms with Gasteiger partial charge < -0.3 is 15.7 Å². The van der Waals surface area contributed by atoms with Gasteiger partial charge in [-0.05, 0) is 38.2 Å². The van der Waals surface area contributed by atoms with Crippen LogP contribution >= 0.6 is 12.2 Å². The molecule has 0 fully saturated rings. The van der Waals surface area contributed by atoms with Crippen molar-refractivity contribution in [1.82, 2.24) is 5.32 Å². The lowest BCUT2D eigenvalue weighted by molar-refractivity contribution is 0.198. The summed E-state index contributed by atoms with van der Waals surface area (Å²) in [4.78, 5) is 0. The molecule has 1 aromatic rings. The summed E-state index contributed by atoms with van der Waals surface area (Å²) >= 11 is 5.05. The van der Waals surface area contributed by atoms with Crippen LogP contribution in [0.15, 0.2) is 24.3 Å². The van der Waals surface area contributed by atoms with Crippen LogP contribution in [0.2, 0.25) is 0 Å². The first kappa shape index (κ1) is 11.9. The topological polar surface area (TPSA) is 44.3 Å². The summed E-state index contributed by atoms with van der Waals surface area (Å²) in [6.45, 7) is 4.20. The zero-order valence-electron chi connectivity index (χ0n) is 8.95. The third kappa shape index (κ3) is 4.76. The van der Waals surface area contributed by atoms with Crippen molar-refractivity contribution < 1.29 is 5.11 Å². The van der Waals surface area contributed by atoms with E-state index in [4.69, 9.17) is 17.3 Å². The van der Waals surface area contributed by atoms with Gasteiger partial charge in [0.15, 0.2) is 5.11 Å². The Kier molecular flexibility index (Phi) is 4.52. The van der Waals surface area contributed by atoms with Gasteiger partial charge in [0.2, 0.25) is 0 Å². The number of aliphatic hydroxyl groups excluding tert-OH is 1. The number of aliphatic hydroxyl groups is 1. The summed E-state index contributed by atoms with van der Waals surface area (Å²) < 4.78 is 0. The minimum Gasteiger partial charge on any atom is -0.392 e. The number of rotatable bonds is 3. The molecule has 3 N–H and O–H groups in total. The molecule has 0 saturated carbocycles. The highest BCUT2D eigenvalue weighted by Gasteiger charge is 1.99. The largest absolute Gasteiger partial charge is 0.392 e. The molecule has 0 saturated heterocycles. The molecule has 4 heteroatoms. The quantitative estimate of drug-likeness (QED) is 0.683. The van der Waals surface area contributed by atoms with Crippen LogP contribution < -0.4 is 10.6 Å². The van der Waals surface area contributed by atoms with Gasteiger partial charge in [-0.15, -0.1) is 0 Å². The van der Waals surface area contributed by atoms with Gasteiger partial charge in [0, 0.05) is 12.2 Å². The highest BCUT2D eigenvalue weighted by molar-refractivity contribution is 7.80. The predicted octanol–water partition coefficient (Wildman–Crippen LogP) is 1.66. The fourth-order valence-corrected chi connectivity index (χ4v) is 1.25. The second kappa shape index (κ2) is 5.68. The molecule has 0 spiro atoms. The molecule has 0 amide bonds. The van der Waals surface area contributed by atoms with Crippen LogP contribution in [0.25, 0.3) is 0 Å². The number of anilines is 1. The minimum atomic E-state index is -0.400. The molecular formula is C11H16N2OS. The van der Waals surface area contributed by atoms with Crippen LogP contribution in [-0.4, -0.2) is 22.9 Å². The van der Waals surface area contributed by atoms with Crippen molar-refractivity contribution in [3.8, 4) is 0 Å². The lowest BCUT2D eigenvalue weighted by atomic mass is 10.2. The molecule has 15 heavy (non-hydrogen) atoms. The van der Waals surface area contributed by atoms with E-state index >= 15 is 0 Å². The summed E-state index contributed by atoms with van der Waals surface area (Å²) in [5.74, 6) is 0. The van der Waals surface area contributed by atoms with E-state index in [1.165, 1.54) is 5.56 Å². The van der Waals surface area contributed by atoms with E-state index in [0.29, 0.717) is 11.7 Å². The van der Waals surface area contributed by atoms with Crippen molar-refractivity contribution in [3.63, 3.8) is 0 Å². The zero-order chi connectivity index (χ0) is 11.3. The maximum Gasteiger partial charge on any atom is 0.170 e. The molecule has 0 aliphatic rings. The van der Waals surface area contributed by atoms with E-state index in [1.54, 1.807) is 6.92 Å². The Balaban J connectivity index is 2.41. The van der Waals surface area contributed by atoms with Gasteiger partial charge in [-0.2, -0.15) is 0 Å². The van der Waals surface area contributed by atoms with Crippen molar-refractivity contribution in [1.29, 1.82) is 0 Å². The highest BCUT2D eigenvalue weighted by atomic mass is 32.1. The Morgan fingerprint density at radius 1 is 1.40 bits per heavy atom. The summed E-state index contributed by atoms with van der Waals surface area (Å²) in [5, 5.41) is 15.5. The Labute approximate surface area is 95.5 Å². The van der Waals surface area contributed by atoms with Crippen LogP contribution in [0, 0.1) is 6.92 Å². The normalized spacial score (nSPS) is 11.9. The smallest absolute Gasteiger partial charge is 0.170 e. The van der Waals surface area contributed by atoms with E-state index in [9.17, 15) is 0 Å². The molecular weight excluding hydrogens is 208 g/mol. The first-order valence-corrected chi connectivity index (χ1v) is 5.28. The molecule has 0 heterocycles. The third-order valence-corrected chi connectivity index (χ3v) is 2.11. The molecule has 1 rings (SSSR count). The second-order valence-corrected chi connectivity index (χ2v) is 3.96. The fourth-order valence-electron chi connectivity index (χ4n) is 1.05. The van der Waals surface area contributed by atoms with Crippen LogP contribution in [0.3, 0.4) is 0 Å². The van der Waals surface area contributed by atoms with E-state index in [2.05, 4.69) is 10.6 Å². The third-order valence-electron chi connectivity index (χ3n) is 1.87. The van der Waals surface area contributed by atoms with Crippen molar-refractivity contribution in [2.45, 2.75) is 20.0 Å². The standard InChI is InChI=1S/C11H16N2OS/c1-8-3-5-10(6-4-8)13-11(15)12-7-9(2)14/h3-6,9,14H,7H2,1-2H3,(H2,12,13,15)/t9-/m1/s1. The summed E-state index contributed by atoms with van der Waals surface area (Å²) in [6.07, 6.45) is -0.400. The number of aryl methyl sites for hydroxylation is 1. The highest BCUT2D eigenvalue weighted by Crippen LogP contribution is 2.07. The van der Waals surface area contributed by atoms with Gasteiger partial charge in [0.05, 0.1) is 6.10 Å². The molecule has 0 bridgehead atoms. The molecule has 3 nitrogen and oxygen atoms in total. The van der Waals surface area contributed by atoms with Crippen molar-refractivity contribution in [3.05, 3.63) is 29.8 Å². The van der Waals surface area contributed by atoms with Gasteiger partial charge in [0.1, 0.15) is 0 Å². The number of nitrogens with one attached hydrogen (secondary N) is 2. The molecule has 82 valence electrons. The Morgan fingerprint density at radius 2 is 2.00 bits per heavy atom. The monoisotopic (exact) mass is 224 g/mol. The lowest BCUT2D eigenvalue weighted by Crippen LogP contribution is -2.33. The predicted molar refractivity (Wildman–Crippen MR) is 67.1 cm³/mol. The van der Waals surface area contributed by atoms with E-state index in [0.717, 1.165) is 5.69 Å². The summed E-state index contributed by atoms with van der Waals surface area (Å²) in [7, 11) is 0. The van der Waals surface area contributed by atoms with Crippen LogP contribution in [0.5, 0.6) is 0 Å². The fraction of sp³-hybridized carbons (Fsp3) is 0.364. The van der Waals surface area contributed by atoms with E-state index in [1.807, 2.05) is 31.2 Å². The first-order valence-electron chi connectivity index (χ1n) is 4.87. The van der Waals surface area contributed by atoms with Gasteiger partial charge in [-0.25, -0.2) is 0 Å². The number of hydrogen-bond donors (Lipinski definition) is 3. The van der Waals surface area contributed by atoms with Gasteiger partial charge >= 0.3 is 0 Å². The SMILES string of the molecule is Cc1ccc(NC(=S)NC[C@@H](C)O)cc1. The number of hydrogen-bond acceptors (Lipinski definition) is 2. The van der Waals surface area contributed by atoms with Crippen molar-refractivity contribution in [2.75, 3.05) is 11.9 Å². The van der Waals surface area contributed by atoms with Crippen LogP contribution in [0.4, 0.5) is 5.69 Å². The maximum absolute atomic E-state index is 9.05. The molecule has 1 aromatic carbocycles. The maximum atomic E-state index is 9.05. The van der Waals surface area contributed by atoms with Crippen LogP contribution in [0.1, 0.15) is 12.5 Å². The molecule has 1 atom stereocenters. The van der Waals surface area contributed by atoms with E-state index < -0.39 is 6.10 Å². The average molecular weight is 224 g/mol. The number of thiocarbonyl (C=S) groups is 1. The average Bonchev–Trinajstić information content (AvgIpc) is 2.19. The molecule has 0 aliphatic carbocycles. The first-order chi connectivity index (χ1) is 7.08. The minimum absolute atomic E-state index is 0.400. The van der Waals surface area contributed by atoms with Gasteiger partial charge in [-0.1, -0.05) is 17.7 Å². The Bertz CT molecular complexity index is 322. The summed E-state index contributed by atoms with van der Waals surface area (Å²) in [6, 6.07) is 7.95. The summed E-state index contributed by atoms with van der Waals surface area (Å²) in [5.41, 5.74) is 2.16. The van der Waals surface area contributed by atoms with E-state index in [-0.39, 0.29) is 0 Å². The molecule has 0 unspecified atom stereocenters. The van der Waals surface area contributed by atoms with Crippen LogP contribution in [-0.2, 0) is 0 Å². The second-order valence-electron chi connectivity index (χ2n) is 3.55. The van der Waals surface area contributed by atoms with Gasteiger partial charge in [0.25, 0.3) is 0 Å². The van der Waals surface area contributed by atoms with Crippen molar-refractivity contribution in [2.24, 2.45) is 0 Å².